The standard InChI is InChI=1S/C13H24N2O4/c1-13(2,3)19-12(18)15-10(11(16)17)5-4-9-6-7-14-8-9/h9-10,14H,4-8H2,1-3H3,(H,15,18)(H,16,17). The predicted molar refractivity (Wildman–Crippen MR) is 71.0 cm³/mol. The van der Waals surface area contributed by atoms with E-state index >= 15 is 0 Å². The second-order valence-corrected chi connectivity index (χ2v) is 5.97. The third kappa shape index (κ3) is 6.42. The molecule has 0 radical (unpaired) electrons. The molecular formula is C13H24N2O4. The summed E-state index contributed by atoms with van der Waals surface area (Å²) in [5.74, 6) is -0.515. The number of hydrogen-bond donors (Lipinski definition) is 3. The molecule has 1 amide bonds. The van der Waals surface area contributed by atoms with Gasteiger partial charge < -0.3 is 20.5 Å². The van der Waals surface area contributed by atoms with Gasteiger partial charge in [0.15, 0.2) is 0 Å². The molecule has 0 aliphatic carbocycles. The molecule has 2 atom stereocenters. The second kappa shape index (κ2) is 6.75. The number of carbonyl (C=O) groups is 2. The van der Waals surface area contributed by atoms with Gasteiger partial charge in [-0.15, -0.1) is 0 Å². The molecule has 2 unspecified atom stereocenters. The van der Waals surface area contributed by atoms with Crippen LogP contribution in [-0.4, -0.2) is 41.9 Å². The van der Waals surface area contributed by atoms with Crippen molar-refractivity contribution in [2.75, 3.05) is 13.1 Å². The van der Waals surface area contributed by atoms with Gasteiger partial charge in [-0.25, -0.2) is 9.59 Å². The van der Waals surface area contributed by atoms with Gasteiger partial charge in [0.05, 0.1) is 0 Å². The van der Waals surface area contributed by atoms with Crippen LogP contribution in [-0.2, 0) is 9.53 Å². The smallest absolute Gasteiger partial charge is 0.408 e. The maximum atomic E-state index is 11.6. The molecule has 1 rings (SSSR count). The van der Waals surface area contributed by atoms with Crippen LogP contribution >= 0.6 is 0 Å². The van der Waals surface area contributed by atoms with Gasteiger partial charge >= 0.3 is 12.1 Å². The van der Waals surface area contributed by atoms with Gasteiger partial charge in [0.2, 0.25) is 0 Å². The lowest BCUT2D eigenvalue weighted by molar-refractivity contribution is -0.139. The Kier molecular flexibility index (Phi) is 5.60. The topological polar surface area (TPSA) is 87.7 Å². The number of amides is 1. The number of ether oxygens (including phenoxy) is 1. The van der Waals surface area contributed by atoms with E-state index in [2.05, 4.69) is 10.6 Å². The zero-order chi connectivity index (χ0) is 14.5. The Hall–Kier alpha value is -1.30. The van der Waals surface area contributed by atoms with Gasteiger partial charge in [0, 0.05) is 0 Å². The van der Waals surface area contributed by atoms with Crippen LogP contribution < -0.4 is 10.6 Å². The molecule has 1 aliphatic heterocycles. The Morgan fingerprint density at radius 2 is 2.16 bits per heavy atom. The number of aliphatic carboxylic acids is 1. The lowest BCUT2D eigenvalue weighted by Crippen LogP contribution is -2.43. The predicted octanol–water partition coefficient (Wildman–Crippen LogP) is 1.35. The third-order valence-corrected chi connectivity index (χ3v) is 3.02. The highest BCUT2D eigenvalue weighted by Crippen LogP contribution is 2.16. The van der Waals surface area contributed by atoms with Crippen LogP contribution in [0.25, 0.3) is 0 Å². The molecule has 1 saturated heterocycles. The van der Waals surface area contributed by atoms with E-state index in [0.717, 1.165) is 25.9 Å². The average molecular weight is 272 g/mol. The molecule has 1 fully saturated rings. The van der Waals surface area contributed by atoms with E-state index in [1.54, 1.807) is 20.8 Å². The third-order valence-electron chi connectivity index (χ3n) is 3.02. The van der Waals surface area contributed by atoms with Crippen LogP contribution in [0.4, 0.5) is 4.79 Å². The summed E-state index contributed by atoms with van der Waals surface area (Å²) in [5, 5.41) is 14.8. The fourth-order valence-electron chi connectivity index (χ4n) is 2.07. The molecule has 6 heteroatoms. The van der Waals surface area contributed by atoms with Crippen molar-refractivity contribution < 1.29 is 19.4 Å². The van der Waals surface area contributed by atoms with Crippen LogP contribution in [0.1, 0.15) is 40.0 Å². The number of rotatable bonds is 5. The zero-order valence-corrected chi connectivity index (χ0v) is 11.9. The first-order valence-electron chi connectivity index (χ1n) is 6.71. The van der Waals surface area contributed by atoms with Crippen molar-refractivity contribution in [3.8, 4) is 0 Å². The van der Waals surface area contributed by atoms with Gasteiger partial charge in [-0.05, 0) is 59.0 Å². The molecule has 0 bridgehead atoms. The number of carbonyl (C=O) groups excluding carboxylic acids is 1. The Bertz CT molecular complexity index is 319. The van der Waals surface area contributed by atoms with Crippen LogP contribution in [0.5, 0.6) is 0 Å². The molecule has 0 spiro atoms. The summed E-state index contributed by atoms with van der Waals surface area (Å²) in [7, 11) is 0. The Morgan fingerprint density at radius 3 is 2.63 bits per heavy atom. The zero-order valence-electron chi connectivity index (χ0n) is 11.9. The summed E-state index contributed by atoms with van der Waals surface area (Å²) in [6, 6.07) is -0.879. The summed E-state index contributed by atoms with van der Waals surface area (Å²) < 4.78 is 5.06. The van der Waals surface area contributed by atoms with Crippen molar-refractivity contribution in [3.63, 3.8) is 0 Å². The van der Waals surface area contributed by atoms with E-state index in [-0.39, 0.29) is 0 Å². The monoisotopic (exact) mass is 272 g/mol. The first-order valence-corrected chi connectivity index (χ1v) is 6.71. The summed E-state index contributed by atoms with van der Waals surface area (Å²) in [6.45, 7) is 7.15. The van der Waals surface area contributed by atoms with Crippen molar-refractivity contribution in [2.24, 2.45) is 5.92 Å². The molecule has 6 nitrogen and oxygen atoms in total. The van der Waals surface area contributed by atoms with Crippen molar-refractivity contribution in [3.05, 3.63) is 0 Å². The normalized spacial score (nSPS) is 20.9. The highest BCUT2D eigenvalue weighted by molar-refractivity contribution is 5.79. The number of carboxylic acid groups (broad SMARTS) is 1. The highest BCUT2D eigenvalue weighted by Gasteiger charge is 2.25. The number of hydrogen-bond acceptors (Lipinski definition) is 4. The molecule has 0 saturated carbocycles. The van der Waals surface area contributed by atoms with Gasteiger partial charge in [-0.1, -0.05) is 0 Å². The highest BCUT2D eigenvalue weighted by atomic mass is 16.6. The van der Waals surface area contributed by atoms with E-state index in [1.165, 1.54) is 0 Å². The summed E-state index contributed by atoms with van der Waals surface area (Å²) in [6.07, 6.45) is 1.61. The van der Waals surface area contributed by atoms with E-state index in [1.807, 2.05) is 0 Å². The summed E-state index contributed by atoms with van der Waals surface area (Å²) >= 11 is 0. The fourth-order valence-corrected chi connectivity index (χ4v) is 2.07. The average Bonchev–Trinajstić information content (AvgIpc) is 2.73. The summed E-state index contributed by atoms with van der Waals surface area (Å²) in [5.41, 5.74) is -0.623. The molecule has 1 aliphatic rings. The fraction of sp³-hybridized carbons (Fsp3) is 0.846. The van der Waals surface area contributed by atoms with Crippen LogP contribution in [0.15, 0.2) is 0 Å². The van der Waals surface area contributed by atoms with Crippen LogP contribution in [0, 0.1) is 5.92 Å². The van der Waals surface area contributed by atoms with Crippen molar-refractivity contribution in [1.82, 2.24) is 10.6 Å². The minimum atomic E-state index is -1.02. The van der Waals surface area contributed by atoms with E-state index in [0.29, 0.717) is 12.3 Å². The van der Waals surface area contributed by atoms with E-state index < -0.39 is 23.7 Å². The van der Waals surface area contributed by atoms with Gasteiger partial charge in [0.25, 0.3) is 0 Å². The largest absolute Gasteiger partial charge is 0.480 e. The first kappa shape index (κ1) is 15.8. The Morgan fingerprint density at radius 1 is 1.47 bits per heavy atom. The number of nitrogens with one attached hydrogen (secondary N) is 2. The lowest BCUT2D eigenvalue weighted by atomic mass is 9.99. The number of carboxylic acids is 1. The minimum Gasteiger partial charge on any atom is -0.480 e. The van der Waals surface area contributed by atoms with Crippen LogP contribution in [0.3, 0.4) is 0 Å². The number of alkyl carbamates (subject to hydrolysis) is 1. The Balaban J connectivity index is 2.39. The van der Waals surface area contributed by atoms with Crippen molar-refractivity contribution in [1.29, 1.82) is 0 Å². The lowest BCUT2D eigenvalue weighted by Gasteiger charge is -2.22. The van der Waals surface area contributed by atoms with Crippen molar-refractivity contribution >= 4 is 12.1 Å². The van der Waals surface area contributed by atoms with Crippen LogP contribution in [0.2, 0.25) is 0 Å². The first-order chi connectivity index (χ1) is 8.78. The SMILES string of the molecule is CC(C)(C)OC(=O)NC(CCC1CCNC1)C(=O)O. The van der Waals surface area contributed by atoms with E-state index in [9.17, 15) is 9.59 Å². The molecule has 0 aromatic carbocycles. The van der Waals surface area contributed by atoms with Gasteiger partial charge in [-0.2, -0.15) is 0 Å². The molecule has 3 N–H and O–H groups in total. The minimum absolute atomic E-state index is 0.431. The molecule has 0 aromatic heterocycles. The molecule has 1 heterocycles. The molecule has 110 valence electrons. The van der Waals surface area contributed by atoms with Gasteiger partial charge in [0.1, 0.15) is 11.6 Å². The maximum absolute atomic E-state index is 11.6. The maximum Gasteiger partial charge on any atom is 0.408 e. The second-order valence-electron chi connectivity index (χ2n) is 5.97. The summed E-state index contributed by atoms with van der Waals surface area (Å²) in [4.78, 5) is 22.7. The molecule has 0 aromatic rings. The van der Waals surface area contributed by atoms with Crippen molar-refractivity contribution in [2.45, 2.75) is 51.7 Å². The van der Waals surface area contributed by atoms with Gasteiger partial charge in [-0.3, -0.25) is 0 Å². The molecule has 19 heavy (non-hydrogen) atoms. The van der Waals surface area contributed by atoms with E-state index in [4.69, 9.17) is 9.84 Å². The quantitative estimate of drug-likeness (QED) is 0.703. The molecular weight excluding hydrogens is 248 g/mol. The Labute approximate surface area is 113 Å².